The molecule has 2 heterocycles. The van der Waals surface area contributed by atoms with E-state index in [9.17, 15) is 4.79 Å². The van der Waals surface area contributed by atoms with E-state index in [1.165, 1.54) is 0 Å². The van der Waals surface area contributed by atoms with Crippen molar-refractivity contribution in [3.05, 3.63) is 36.2 Å². The number of furan rings is 1. The number of fused-ring (bicyclic) bond motifs is 3. The molecule has 4 heteroatoms. The van der Waals surface area contributed by atoms with Crippen molar-refractivity contribution in [2.45, 2.75) is 25.7 Å². The summed E-state index contributed by atoms with van der Waals surface area (Å²) in [5, 5.41) is 2.03. The van der Waals surface area contributed by atoms with Gasteiger partial charge in [-0.15, -0.1) is 0 Å². The van der Waals surface area contributed by atoms with Crippen LogP contribution in [-0.2, 0) is 10.2 Å². The molecule has 0 saturated heterocycles. The van der Waals surface area contributed by atoms with Crippen LogP contribution in [0.5, 0.6) is 0 Å². The molecule has 4 nitrogen and oxygen atoms in total. The Hall–Kier alpha value is -2.23. The van der Waals surface area contributed by atoms with Crippen LogP contribution in [0.1, 0.15) is 25.8 Å². The van der Waals surface area contributed by atoms with Crippen LogP contribution in [0.25, 0.3) is 21.9 Å². The van der Waals surface area contributed by atoms with Gasteiger partial charge in [0.1, 0.15) is 5.58 Å². The van der Waals surface area contributed by atoms with E-state index < -0.39 is 5.41 Å². The lowest BCUT2D eigenvalue weighted by Crippen LogP contribution is -2.37. The normalized spacial score (nSPS) is 14.8. The van der Waals surface area contributed by atoms with Gasteiger partial charge in [-0.05, 0) is 37.1 Å². The van der Waals surface area contributed by atoms with Gasteiger partial charge >= 0.3 is 0 Å². The number of hydrogen-bond donors (Lipinski definition) is 2. The molecule has 0 fully saturated rings. The van der Waals surface area contributed by atoms with Crippen molar-refractivity contribution in [3.8, 4) is 0 Å². The second-order valence-corrected chi connectivity index (χ2v) is 5.07. The van der Waals surface area contributed by atoms with Gasteiger partial charge in [-0.25, -0.2) is 0 Å². The number of H-pyrrole nitrogens is 1. The van der Waals surface area contributed by atoms with Crippen molar-refractivity contribution in [3.63, 3.8) is 0 Å². The van der Waals surface area contributed by atoms with Crippen LogP contribution in [0.3, 0.4) is 0 Å². The van der Waals surface area contributed by atoms with E-state index in [-0.39, 0.29) is 5.91 Å². The summed E-state index contributed by atoms with van der Waals surface area (Å²) in [7, 11) is 0. The smallest absolute Gasteiger partial charge is 0.227 e. The molecule has 98 valence electrons. The zero-order valence-electron chi connectivity index (χ0n) is 11.0. The zero-order valence-corrected chi connectivity index (χ0v) is 11.0. The molecule has 2 aromatic heterocycles. The topological polar surface area (TPSA) is 72.0 Å². The lowest BCUT2D eigenvalue weighted by atomic mass is 9.79. The van der Waals surface area contributed by atoms with Gasteiger partial charge in [-0.1, -0.05) is 6.92 Å². The fourth-order valence-electron chi connectivity index (χ4n) is 2.61. The molecular weight excluding hydrogens is 240 g/mol. The zero-order chi connectivity index (χ0) is 13.6. The summed E-state index contributed by atoms with van der Waals surface area (Å²) in [6.07, 6.45) is 4.20. The minimum atomic E-state index is -0.677. The number of nitrogens with two attached hydrogens (primary N) is 1. The van der Waals surface area contributed by atoms with Crippen LogP contribution >= 0.6 is 0 Å². The monoisotopic (exact) mass is 256 g/mol. The average molecular weight is 256 g/mol. The third-order valence-electron chi connectivity index (χ3n) is 4.12. The average Bonchev–Trinajstić information content (AvgIpc) is 3.02. The Morgan fingerprint density at radius 2 is 2.21 bits per heavy atom. The van der Waals surface area contributed by atoms with Crippen molar-refractivity contribution in [1.82, 2.24) is 4.98 Å². The van der Waals surface area contributed by atoms with Crippen molar-refractivity contribution >= 4 is 27.8 Å². The van der Waals surface area contributed by atoms with Gasteiger partial charge < -0.3 is 15.1 Å². The number of aromatic amines is 1. The van der Waals surface area contributed by atoms with Crippen molar-refractivity contribution < 1.29 is 9.21 Å². The summed E-state index contributed by atoms with van der Waals surface area (Å²) in [6, 6.07) is 5.80. The quantitative estimate of drug-likeness (QED) is 0.756. The number of hydrogen-bond acceptors (Lipinski definition) is 2. The Bertz CT molecular complexity index is 769. The molecule has 1 unspecified atom stereocenters. The molecule has 0 aliphatic rings. The van der Waals surface area contributed by atoms with Crippen molar-refractivity contribution in [2.75, 3.05) is 0 Å². The summed E-state index contributed by atoms with van der Waals surface area (Å²) in [5.41, 5.74) is 7.67. The maximum atomic E-state index is 11.9. The highest BCUT2D eigenvalue weighted by Gasteiger charge is 2.34. The molecular formula is C15H16N2O2. The largest absolute Gasteiger partial charge is 0.464 e. The van der Waals surface area contributed by atoms with E-state index in [1.54, 1.807) is 6.26 Å². The molecule has 3 rings (SSSR count). The van der Waals surface area contributed by atoms with Crippen LogP contribution in [0.2, 0.25) is 0 Å². The predicted molar refractivity (Wildman–Crippen MR) is 74.9 cm³/mol. The Morgan fingerprint density at radius 1 is 1.42 bits per heavy atom. The third-order valence-corrected chi connectivity index (χ3v) is 4.12. The van der Waals surface area contributed by atoms with Gasteiger partial charge in [0, 0.05) is 22.5 Å². The minimum absolute atomic E-state index is 0.309. The fourth-order valence-corrected chi connectivity index (χ4v) is 2.61. The predicted octanol–water partition coefficient (Wildman–Crippen LogP) is 3.07. The summed E-state index contributed by atoms with van der Waals surface area (Å²) in [6.45, 7) is 3.86. The molecule has 1 atom stereocenters. The first-order valence-corrected chi connectivity index (χ1v) is 6.35. The molecule has 1 amide bonds. The maximum Gasteiger partial charge on any atom is 0.227 e. The summed E-state index contributed by atoms with van der Waals surface area (Å²) >= 11 is 0. The van der Waals surface area contributed by atoms with Gasteiger partial charge in [-0.2, -0.15) is 0 Å². The molecule has 0 aliphatic heterocycles. The number of nitrogens with one attached hydrogen (secondary N) is 1. The first-order chi connectivity index (χ1) is 9.08. The maximum absolute atomic E-state index is 11.9. The summed E-state index contributed by atoms with van der Waals surface area (Å²) in [4.78, 5) is 15.1. The highest BCUT2D eigenvalue weighted by molar-refractivity contribution is 6.09. The molecule has 19 heavy (non-hydrogen) atoms. The third kappa shape index (κ3) is 1.49. The number of primary amides is 1. The Balaban J connectivity index is 2.41. The van der Waals surface area contributed by atoms with Crippen LogP contribution < -0.4 is 5.73 Å². The van der Waals surface area contributed by atoms with E-state index >= 15 is 0 Å². The van der Waals surface area contributed by atoms with Crippen molar-refractivity contribution in [1.29, 1.82) is 0 Å². The second kappa shape index (κ2) is 3.88. The van der Waals surface area contributed by atoms with Crippen LogP contribution in [0.15, 0.2) is 35.1 Å². The van der Waals surface area contributed by atoms with Crippen LogP contribution in [0.4, 0.5) is 0 Å². The number of amides is 1. The number of benzene rings is 1. The van der Waals surface area contributed by atoms with E-state index in [2.05, 4.69) is 4.98 Å². The van der Waals surface area contributed by atoms with Gasteiger partial charge in [0.05, 0.1) is 11.7 Å². The molecule has 0 saturated carbocycles. The first kappa shape index (κ1) is 11.8. The first-order valence-electron chi connectivity index (χ1n) is 6.35. The molecule has 0 spiro atoms. The number of carbonyl (C=O) groups is 1. The van der Waals surface area contributed by atoms with Gasteiger partial charge in [0.15, 0.2) is 0 Å². The molecule has 3 aromatic rings. The SMILES string of the molecule is CCC(C)(C(N)=O)c1c[nH]c2ccc3occc3c12. The Labute approximate surface area is 110 Å². The van der Waals surface area contributed by atoms with E-state index in [0.717, 1.165) is 27.4 Å². The summed E-state index contributed by atoms with van der Waals surface area (Å²) < 4.78 is 5.43. The second-order valence-electron chi connectivity index (χ2n) is 5.07. The Kier molecular flexibility index (Phi) is 2.42. The molecule has 0 radical (unpaired) electrons. The van der Waals surface area contributed by atoms with Crippen LogP contribution in [-0.4, -0.2) is 10.9 Å². The summed E-state index contributed by atoms with van der Waals surface area (Å²) in [5.74, 6) is -0.309. The standard InChI is InChI=1S/C15H16N2O2/c1-3-15(2,14(16)18)10-8-17-11-4-5-12-9(13(10)11)6-7-19-12/h4-8,17H,3H2,1-2H3,(H2,16,18). The minimum Gasteiger partial charge on any atom is -0.464 e. The Morgan fingerprint density at radius 3 is 2.89 bits per heavy atom. The lowest BCUT2D eigenvalue weighted by molar-refractivity contribution is -0.123. The molecule has 0 bridgehead atoms. The fraction of sp³-hybridized carbons (Fsp3) is 0.267. The van der Waals surface area contributed by atoms with Gasteiger partial charge in [-0.3, -0.25) is 4.79 Å². The van der Waals surface area contributed by atoms with E-state index in [1.807, 2.05) is 38.2 Å². The van der Waals surface area contributed by atoms with Gasteiger partial charge in [0.25, 0.3) is 0 Å². The van der Waals surface area contributed by atoms with Crippen molar-refractivity contribution in [2.24, 2.45) is 5.73 Å². The van der Waals surface area contributed by atoms with Crippen LogP contribution in [0, 0.1) is 0 Å². The number of carbonyl (C=O) groups excluding carboxylic acids is 1. The molecule has 1 aromatic carbocycles. The van der Waals surface area contributed by atoms with Gasteiger partial charge in [0.2, 0.25) is 5.91 Å². The molecule has 0 aliphatic carbocycles. The lowest BCUT2D eigenvalue weighted by Gasteiger charge is -2.24. The molecule has 3 N–H and O–H groups in total. The highest BCUT2D eigenvalue weighted by Crippen LogP contribution is 2.37. The highest BCUT2D eigenvalue weighted by atomic mass is 16.3. The number of rotatable bonds is 3. The number of aromatic nitrogens is 1. The van der Waals surface area contributed by atoms with E-state index in [4.69, 9.17) is 10.2 Å². The van der Waals surface area contributed by atoms with E-state index in [0.29, 0.717) is 6.42 Å².